The number of aromatic hydroxyl groups is 1. The van der Waals surface area contributed by atoms with Gasteiger partial charge in [-0.25, -0.2) is 0 Å². The summed E-state index contributed by atoms with van der Waals surface area (Å²) in [5.74, 6) is 0.859. The van der Waals surface area contributed by atoms with Crippen LogP contribution in [0.15, 0.2) is 41.5 Å². The molecular formula is C17H18N2O3. The minimum atomic E-state index is -0.0834. The Morgan fingerprint density at radius 1 is 1.27 bits per heavy atom. The molecule has 0 atom stereocenters. The molecule has 114 valence electrons. The Balaban J connectivity index is 2.27. The van der Waals surface area contributed by atoms with Crippen LogP contribution in [0.2, 0.25) is 0 Å². The van der Waals surface area contributed by atoms with Crippen molar-refractivity contribution in [3.8, 4) is 22.6 Å². The fourth-order valence-corrected chi connectivity index (χ4v) is 2.55. The number of benzene rings is 1. The smallest absolute Gasteiger partial charge is 0.274 e. The van der Waals surface area contributed by atoms with Crippen LogP contribution in [0.4, 0.5) is 0 Å². The third-order valence-corrected chi connectivity index (χ3v) is 3.61. The molecule has 2 N–H and O–H groups in total. The molecule has 0 fully saturated rings. The van der Waals surface area contributed by atoms with E-state index in [0.717, 1.165) is 22.9 Å². The highest BCUT2D eigenvalue weighted by Crippen LogP contribution is 2.36. The fraction of sp³-hybridized carbons (Fsp3) is 0.235. The first-order valence-electron chi connectivity index (χ1n) is 7.24. The Morgan fingerprint density at radius 2 is 2.09 bits per heavy atom. The van der Waals surface area contributed by atoms with E-state index >= 15 is 0 Å². The molecule has 3 rings (SSSR count). The van der Waals surface area contributed by atoms with Gasteiger partial charge in [0.1, 0.15) is 17.0 Å². The molecule has 22 heavy (non-hydrogen) atoms. The van der Waals surface area contributed by atoms with Gasteiger partial charge in [0.15, 0.2) is 0 Å². The molecule has 3 aromatic rings. The molecule has 1 aromatic carbocycles. The maximum atomic E-state index is 12.1. The molecule has 0 aliphatic carbocycles. The van der Waals surface area contributed by atoms with Crippen LogP contribution < -0.4 is 10.3 Å². The average Bonchev–Trinajstić information content (AvgIpc) is 2.99. The zero-order valence-electron chi connectivity index (χ0n) is 12.6. The van der Waals surface area contributed by atoms with Crippen molar-refractivity contribution in [1.29, 1.82) is 0 Å². The number of fused-ring (bicyclic) bond motifs is 1. The number of nitrogens with zero attached hydrogens (tertiary/aromatic N) is 1. The average molecular weight is 298 g/mol. The van der Waals surface area contributed by atoms with Crippen LogP contribution in [0.25, 0.3) is 22.0 Å². The van der Waals surface area contributed by atoms with Crippen LogP contribution in [0, 0.1) is 0 Å². The van der Waals surface area contributed by atoms with Crippen molar-refractivity contribution < 1.29 is 9.84 Å². The maximum Gasteiger partial charge on any atom is 0.274 e. The van der Waals surface area contributed by atoms with Crippen LogP contribution in [0.1, 0.15) is 13.3 Å². The number of pyridine rings is 1. The van der Waals surface area contributed by atoms with Gasteiger partial charge in [0.05, 0.1) is 6.61 Å². The summed E-state index contributed by atoms with van der Waals surface area (Å²) < 4.78 is 7.31. The Labute approximate surface area is 127 Å². The SMILES string of the molecule is CCCOc1ccc(O)cc1-c1cn(C)c(=O)c2[nH]ccc12. The molecule has 0 saturated carbocycles. The standard InChI is InChI=1S/C17H18N2O3/c1-3-8-22-15-5-4-11(20)9-13(15)14-10-19(2)17(21)16-12(14)6-7-18-16/h4-7,9-10,18,20H,3,8H2,1-2H3. The Hall–Kier alpha value is -2.69. The van der Waals surface area contributed by atoms with Gasteiger partial charge in [-0.3, -0.25) is 4.79 Å². The molecule has 0 aliphatic rings. The van der Waals surface area contributed by atoms with Crippen molar-refractivity contribution in [2.75, 3.05) is 6.61 Å². The van der Waals surface area contributed by atoms with E-state index < -0.39 is 0 Å². The molecule has 0 saturated heterocycles. The van der Waals surface area contributed by atoms with E-state index in [0.29, 0.717) is 17.9 Å². The van der Waals surface area contributed by atoms with Crippen molar-refractivity contribution in [1.82, 2.24) is 9.55 Å². The second kappa shape index (κ2) is 5.60. The van der Waals surface area contributed by atoms with Crippen LogP contribution in [0.3, 0.4) is 0 Å². The van der Waals surface area contributed by atoms with Crippen molar-refractivity contribution in [2.45, 2.75) is 13.3 Å². The predicted octanol–water partition coefficient (Wildman–Crippen LogP) is 3.03. The topological polar surface area (TPSA) is 67.2 Å². The van der Waals surface area contributed by atoms with Gasteiger partial charge in [-0.1, -0.05) is 6.92 Å². The monoisotopic (exact) mass is 298 g/mol. The number of phenols is 1. The maximum absolute atomic E-state index is 12.1. The number of rotatable bonds is 4. The van der Waals surface area contributed by atoms with E-state index in [4.69, 9.17) is 4.74 Å². The first-order chi connectivity index (χ1) is 10.6. The zero-order valence-corrected chi connectivity index (χ0v) is 12.6. The summed E-state index contributed by atoms with van der Waals surface area (Å²) >= 11 is 0. The van der Waals surface area contributed by atoms with Gasteiger partial charge in [0, 0.05) is 36.0 Å². The summed E-state index contributed by atoms with van der Waals surface area (Å²) in [5, 5.41) is 10.7. The summed E-state index contributed by atoms with van der Waals surface area (Å²) in [7, 11) is 1.71. The third kappa shape index (κ3) is 2.35. The van der Waals surface area contributed by atoms with Crippen LogP contribution >= 0.6 is 0 Å². The molecule has 0 aliphatic heterocycles. The number of ether oxygens (including phenoxy) is 1. The molecule has 0 amide bonds. The largest absolute Gasteiger partial charge is 0.508 e. The Morgan fingerprint density at radius 3 is 2.86 bits per heavy atom. The second-order valence-electron chi connectivity index (χ2n) is 5.25. The number of H-pyrrole nitrogens is 1. The normalized spacial score (nSPS) is 11.0. The third-order valence-electron chi connectivity index (χ3n) is 3.61. The lowest BCUT2D eigenvalue weighted by molar-refractivity contribution is 0.318. The van der Waals surface area contributed by atoms with Gasteiger partial charge in [-0.15, -0.1) is 0 Å². The van der Waals surface area contributed by atoms with Crippen LogP contribution in [-0.2, 0) is 7.05 Å². The number of phenolic OH excluding ortho intramolecular Hbond substituents is 1. The number of nitrogens with one attached hydrogen (secondary N) is 1. The first kappa shape index (κ1) is 14.3. The summed E-state index contributed by atoms with van der Waals surface area (Å²) in [4.78, 5) is 15.1. The quantitative estimate of drug-likeness (QED) is 0.778. The summed E-state index contributed by atoms with van der Waals surface area (Å²) in [6.45, 7) is 2.64. The van der Waals surface area contributed by atoms with Gasteiger partial charge >= 0.3 is 0 Å². The van der Waals surface area contributed by atoms with Crippen molar-refractivity contribution in [3.05, 3.63) is 47.0 Å². The molecule has 5 heteroatoms. The lowest BCUT2D eigenvalue weighted by Crippen LogP contribution is -2.16. The van der Waals surface area contributed by atoms with Gasteiger partial charge in [0.2, 0.25) is 0 Å². The van der Waals surface area contributed by atoms with Crippen molar-refractivity contribution >= 4 is 10.9 Å². The van der Waals surface area contributed by atoms with E-state index in [2.05, 4.69) is 4.98 Å². The minimum absolute atomic E-state index is 0.0834. The molecular weight excluding hydrogens is 280 g/mol. The van der Waals surface area contributed by atoms with Crippen molar-refractivity contribution in [3.63, 3.8) is 0 Å². The molecule has 2 aromatic heterocycles. The van der Waals surface area contributed by atoms with Crippen LogP contribution in [0.5, 0.6) is 11.5 Å². The molecule has 5 nitrogen and oxygen atoms in total. The highest BCUT2D eigenvalue weighted by molar-refractivity contribution is 5.96. The number of hydrogen-bond acceptors (Lipinski definition) is 3. The van der Waals surface area contributed by atoms with E-state index in [1.807, 2.05) is 13.0 Å². The fourth-order valence-electron chi connectivity index (χ4n) is 2.55. The minimum Gasteiger partial charge on any atom is -0.508 e. The van der Waals surface area contributed by atoms with Gasteiger partial charge in [-0.2, -0.15) is 0 Å². The molecule has 2 heterocycles. The highest BCUT2D eigenvalue weighted by atomic mass is 16.5. The summed E-state index contributed by atoms with van der Waals surface area (Å²) in [6, 6.07) is 6.88. The van der Waals surface area contributed by atoms with Gasteiger partial charge in [-0.05, 0) is 30.7 Å². The number of aromatic nitrogens is 2. The zero-order chi connectivity index (χ0) is 15.7. The first-order valence-corrected chi connectivity index (χ1v) is 7.24. The Kier molecular flexibility index (Phi) is 3.63. The second-order valence-corrected chi connectivity index (χ2v) is 5.25. The molecule has 0 spiro atoms. The van der Waals surface area contributed by atoms with Gasteiger partial charge in [0.25, 0.3) is 5.56 Å². The Bertz CT molecular complexity index is 877. The van der Waals surface area contributed by atoms with Crippen molar-refractivity contribution in [2.24, 2.45) is 7.05 Å². The van der Waals surface area contributed by atoms with E-state index in [1.165, 1.54) is 4.57 Å². The summed E-state index contributed by atoms with van der Waals surface area (Å²) in [5.41, 5.74) is 2.08. The molecule has 0 radical (unpaired) electrons. The number of aryl methyl sites for hydroxylation is 1. The van der Waals surface area contributed by atoms with Crippen LogP contribution in [-0.4, -0.2) is 21.3 Å². The number of hydrogen-bond donors (Lipinski definition) is 2. The van der Waals surface area contributed by atoms with Gasteiger partial charge < -0.3 is 19.4 Å². The molecule has 0 bridgehead atoms. The number of aromatic amines is 1. The lowest BCUT2D eigenvalue weighted by Gasteiger charge is -2.13. The van der Waals surface area contributed by atoms with E-state index in [1.54, 1.807) is 37.6 Å². The van der Waals surface area contributed by atoms with E-state index in [9.17, 15) is 9.90 Å². The lowest BCUT2D eigenvalue weighted by atomic mass is 10.0. The summed E-state index contributed by atoms with van der Waals surface area (Å²) in [6.07, 6.45) is 4.41. The predicted molar refractivity (Wildman–Crippen MR) is 86.4 cm³/mol. The van der Waals surface area contributed by atoms with E-state index in [-0.39, 0.29) is 11.3 Å². The highest BCUT2D eigenvalue weighted by Gasteiger charge is 2.14. The molecule has 0 unspecified atom stereocenters.